The van der Waals surface area contributed by atoms with Crippen LogP contribution < -0.4 is 11.1 Å². The zero-order valence-electron chi connectivity index (χ0n) is 9.25. The predicted molar refractivity (Wildman–Crippen MR) is 64.0 cm³/mol. The third kappa shape index (κ3) is 8.19. The van der Waals surface area contributed by atoms with E-state index in [1.54, 1.807) is 7.11 Å². The van der Waals surface area contributed by atoms with Crippen LogP contribution in [0.5, 0.6) is 0 Å². The lowest BCUT2D eigenvalue weighted by molar-refractivity contribution is 0.179. The molecule has 0 aromatic rings. The molecule has 0 rings (SSSR count). The second-order valence-electron chi connectivity index (χ2n) is 3.11. The Morgan fingerprint density at radius 2 is 2.36 bits per heavy atom. The van der Waals surface area contributed by atoms with Gasteiger partial charge >= 0.3 is 0 Å². The number of nitrogens with one attached hydrogen (secondary N) is 1. The van der Waals surface area contributed by atoms with Crippen molar-refractivity contribution in [1.82, 2.24) is 5.32 Å². The topological polar surface area (TPSA) is 59.6 Å². The molecule has 1 unspecified atom stereocenters. The molecular weight excluding hydrogens is 198 g/mol. The van der Waals surface area contributed by atoms with E-state index in [1.165, 1.54) is 0 Å². The highest BCUT2D eigenvalue weighted by Crippen LogP contribution is 1.94. The molecule has 3 N–H and O–H groups in total. The fraction of sp³-hybridized carbons (Fsp3) is 0.889. The molecule has 0 radical (unpaired) electrons. The molecule has 0 aromatic heterocycles. The largest absolute Gasteiger partial charge is 0.383 e. The molecule has 4 nitrogen and oxygen atoms in total. The summed E-state index contributed by atoms with van der Waals surface area (Å²) in [7, 11) is 1.67. The summed E-state index contributed by atoms with van der Waals surface area (Å²) in [5.74, 6) is 1.64. The van der Waals surface area contributed by atoms with E-state index < -0.39 is 0 Å². The number of hydrogen-bond acceptors (Lipinski definition) is 3. The molecule has 0 aliphatic carbocycles. The SMILES string of the molecule is COCC(C)NC(N)=NCCCSC. The van der Waals surface area contributed by atoms with Gasteiger partial charge in [0.1, 0.15) is 0 Å². The average molecular weight is 219 g/mol. The van der Waals surface area contributed by atoms with Crippen LogP contribution in [0.3, 0.4) is 0 Å². The lowest BCUT2D eigenvalue weighted by atomic mass is 10.4. The van der Waals surface area contributed by atoms with Crippen LogP contribution in [-0.2, 0) is 4.74 Å². The highest BCUT2D eigenvalue weighted by Gasteiger charge is 2.00. The Hall–Kier alpha value is -0.420. The summed E-state index contributed by atoms with van der Waals surface area (Å²) in [6, 6.07) is 0.212. The Morgan fingerprint density at radius 1 is 1.64 bits per heavy atom. The zero-order valence-corrected chi connectivity index (χ0v) is 10.1. The number of nitrogens with two attached hydrogens (primary N) is 1. The van der Waals surface area contributed by atoms with Crippen molar-refractivity contribution < 1.29 is 4.74 Å². The molecule has 5 heteroatoms. The standard InChI is InChI=1S/C9H21N3OS/c1-8(7-13-2)12-9(10)11-5-4-6-14-3/h8H,4-7H2,1-3H3,(H3,10,11,12). The van der Waals surface area contributed by atoms with Gasteiger partial charge in [0.25, 0.3) is 0 Å². The third-order valence-corrected chi connectivity index (χ3v) is 2.30. The lowest BCUT2D eigenvalue weighted by Gasteiger charge is -2.12. The van der Waals surface area contributed by atoms with Gasteiger partial charge in [-0.05, 0) is 25.4 Å². The molecule has 0 bridgehead atoms. The first-order valence-electron chi connectivity index (χ1n) is 4.75. The Labute approximate surface area is 90.7 Å². The Balaban J connectivity index is 3.55. The Bertz CT molecular complexity index is 164. The van der Waals surface area contributed by atoms with Crippen molar-refractivity contribution in [3.8, 4) is 0 Å². The summed E-state index contributed by atoms with van der Waals surface area (Å²) in [5, 5.41) is 3.05. The maximum absolute atomic E-state index is 5.66. The van der Waals surface area contributed by atoms with Crippen LogP contribution in [0.15, 0.2) is 4.99 Å². The molecule has 0 saturated carbocycles. The van der Waals surface area contributed by atoms with Crippen molar-refractivity contribution in [2.45, 2.75) is 19.4 Å². The van der Waals surface area contributed by atoms with E-state index in [1.807, 2.05) is 18.7 Å². The van der Waals surface area contributed by atoms with Gasteiger partial charge in [-0.25, -0.2) is 0 Å². The monoisotopic (exact) mass is 219 g/mol. The summed E-state index contributed by atoms with van der Waals surface area (Å²) >= 11 is 1.82. The van der Waals surface area contributed by atoms with Crippen LogP contribution in [0.2, 0.25) is 0 Å². The van der Waals surface area contributed by atoms with E-state index in [9.17, 15) is 0 Å². The van der Waals surface area contributed by atoms with Crippen LogP contribution in [0.1, 0.15) is 13.3 Å². The average Bonchev–Trinajstić information content (AvgIpc) is 2.13. The van der Waals surface area contributed by atoms with E-state index in [0.29, 0.717) is 12.6 Å². The molecule has 0 spiro atoms. The van der Waals surface area contributed by atoms with Crippen LogP contribution in [0, 0.1) is 0 Å². The van der Waals surface area contributed by atoms with Gasteiger partial charge in [0, 0.05) is 19.7 Å². The zero-order chi connectivity index (χ0) is 10.8. The van der Waals surface area contributed by atoms with E-state index in [-0.39, 0.29) is 6.04 Å². The maximum atomic E-state index is 5.66. The van der Waals surface area contributed by atoms with Gasteiger partial charge in [-0.3, -0.25) is 4.99 Å². The smallest absolute Gasteiger partial charge is 0.188 e. The first-order chi connectivity index (χ1) is 6.70. The summed E-state index contributed by atoms with van der Waals surface area (Å²) < 4.78 is 4.97. The predicted octanol–water partition coefficient (Wildman–Crippen LogP) is 0.679. The lowest BCUT2D eigenvalue weighted by Crippen LogP contribution is -2.40. The molecule has 0 aromatic carbocycles. The minimum absolute atomic E-state index is 0.212. The molecule has 0 aliphatic rings. The summed E-state index contributed by atoms with van der Waals surface area (Å²) in [6.45, 7) is 3.44. The Kier molecular flexibility index (Phi) is 8.87. The van der Waals surface area contributed by atoms with Crippen molar-refractivity contribution in [2.75, 3.05) is 32.3 Å². The van der Waals surface area contributed by atoms with Crippen molar-refractivity contribution in [1.29, 1.82) is 0 Å². The number of rotatable bonds is 7. The number of methoxy groups -OCH3 is 1. The summed E-state index contributed by atoms with van der Waals surface area (Å²) in [5.41, 5.74) is 5.66. The van der Waals surface area contributed by atoms with E-state index in [4.69, 9.17) is 10.5 Å². The molecule has 0 aliphatic heterocycles. The van der Waals surface area contributed by atoms with Gasteiger partial charge in [0.2, 0.25) is 0 Å². The third-order valence-electron chi connectivity index (χ3n) is 1.60. The molecule has 1 atom stereocenters. The minimum atomic E-state index is 0.212. The number of ether oxygens (including phenoxy) is 1. The Morgan fingerprint density at radius 3 is 2.93 bits per heavy atom. The number of nitrogens with zero attached hydrogens (tertiary/aromatic N) is 1. The minimum Gasteiger partial charge on any atom is -0.383 e. The molecular formula is C9H21N3OS. The normalized spacial score (nSPS) is 14.1. The van der Waals surface area contributed by atoms with Crippen molar-refractivity contribution in [3.05, 3.63) is 0 Å². The van der Waals surface area contributed by atoms with Crippen molar-refractivity contribution in [3.63, 3.8) is 0 Å². The number of aliphatic imine (C=N–C) groups is 1. The second-order valence-corrected chi connectivity index (χ2v) is 4.10. The molecule has 0 amide bonds. The number of hydrogen-bond donors (Lipinski definition) is 2. The van der Waals surface area contributed by atoms with Gasteiger partial charge < -0.3 is 15.8 Å². The van der Waals surface area contributed by atoms with Crippen LogP contribution in [0.25, 0.3) is 0 Å². The van der Waals surface area contributed by atoms with Gasteiger partial charge in [-0.15, -0.1) is 0 Å². The second kappa shape index (κ2) is 9.15. The van der Waals surface area contributed by atoms with Gasteiger partial charge in [-0.2, -0.15) is 11.8 Å². The van der Waals surface area contributed by atoms with E-state index in [0.717, 1.165) is 18.7 Å². The van der Waals surface area contributed by atoms with Crippen LogP contribution in [0.4, 0.5) is 0 Å². The highest BCUT2D eigenvalue weighted by atomic mass is 32.2. The van der Waals surface area contributed by atoms with Gasteiger partial charge in [0.15, 0.2) is 5.96 Å². The molecule has 0 saturated heterocycles. The molecule has 14 heavy (non-hydrogen) atoms. The number of thioether (sulfide) groups is 1. The van der Waals surface area contributed by atoms with Gasteiger partial charge in [0.05, 0.1) is 6.61 Å². The molecule has 0 fully saturated rings. The fourth-order valence-corrected chi connectivity index (χ4v) is 1.42. The van der Waals surface area contributed by atoms with Crippen LogP contribution >= 0.6 is 11.8 Å². The van der Waals surface area contributed by atoms with Crippen molar-refractivity contribution >= 4 is 17.7 Å². The first-order valence-corrected chi connectivity index (χ1v) is 6.14. The quantitative estimate of drug-likeness (QED) is 0.375. The van der Waals surface area contributed by atoms with E-state index in [2.05, 4.69) is 16.6 Å². The maximum Gasteiger partial charge on any atom is 0.188 e. The molecule has 84 valence electrons. The first kappa shape index (κ1) is 13.6. The highest BCUT2D eigenvalue weighted by molar-refractivity contribution is 7.98. The molecule has 0 heterocycles. The van der Waals surface area contributed by atoms with E-state index >= 15 is 0 Å². The van der Waals surface area contributed by atoms with Crippen LogP contribution in [-0.4, -0.2) is 44.3 Å². The van der Waals surface area contributed by atoms with Crippen molar-refractivity contribution in [2.24, 2.45) is 10.7 Å². The fourth-order valence-electron chi connectivity index (χ4n) is 0.998. The van der Waals surface area contributed by atoms with Gasteiger partial charge in [-0.1, -0.05) is 0 Å². The number of guanidine groups is 1. The summed E-state index contributed by atoms with van der Waals surface area (Å²) in [4.78, 5) is 4.20. The summed E-state index contributed by atoms with van der Waals surface area (Å²) in [6.07, 6.45) is 3.16.